The number of anilines is 1. The zero-order chi connectivity index (χ0) is 24.9. The van der Waals surface area contributed by atoms with Crippen molar-refractivity contribution in [1.82, 2.24) is 5.32 Å². The second-order valence-electron chi connectivity index (χ2n) is 7.66. The van der Waals surface area contributed by atoms with Gasteiger partial charge in [0.05, 0.1) is 5.25 Å². The Balaban J connectivity index is 1.69. The number of nitriles is 1. The van der Waals surface area contributed by atoms with Crippen LogP contribution >= 0.6 is 50.9 Å². The third kappa shape index (κ3) is 5.91. The molecule has 5 nitrogen and oxygen atoms in total. The zero-order valence-corrected chi connectivity index (χ0v) is 22.1. The second kappa shape index (κ2) is 11.3. The van der Waals surface area contributed by atoms with Crippen LogP contribution in [0.25, 0.3) is 0 Å². The van der Waals surface area contributed by atoms with Crippen LogP contribution < -0.4 is 10.2 Å². The molecule has 1 fully saturated rings. The van der Waals surface area contributed by atoms with Gasteiger partial charge in [0, 0.05) is 26.8 Å². The van der Waals surface area contributed by atoms with Crippen LogP contribution in [0.5, 0.6) is 0 Å². The van der Waals surface area contributed by atoms with E-state index in [9.17, 15) is 14.9 Å². The average Bonchev–Trinajstić information content (AvgIpc) is 3.17. The highest BCUT2D eigenvalue weighted by Crippen LogP contribution is 2.42. The van der Waals surface area contributed by atoms with E-state index in [1.165, 1.54) is 16.7 Å². The maximum atomic E-state index is 13.6. The van der Waals surface area contributed by atoms with Crippen molar-refractivity contribution < 1.29 is 9.59 Å². The van der Waals surface area contributed by atoms with Crippen LogP contribution in [0.15, 0.2) is 87.9 Å². The summed E-state index contributed by atoms with van der Waals surface area (Å²) in [4.78, 5) is 28.0. The molecule has 9 heteroatoms. The zero-order valence-electron chi connectivity index (χ0n) is 18.2. The van der Waals surface area contributed by atoms with Gasteiger partial charge < -0.3 is 5.32 Å². The van der Waals surface area contributed by atoms with Gasteiger partial charge in [0.15, 0.2) is 0 Å². The summed E-state index contributed by atoms with van der Waals surface area (Å²) >= 11 is 17.1. The van der Waals surface area contributed by atoms with Crippen LogP contribution in [0.2, 0.25) is 10.0 Å². The Morgan fingerprint density at radius 2 is 1.80 bits per heavy atom. The quantitative estimate of drug-likeness (QED) is 0.264. The molecule has 1 aliphatic heterocycles. The molecule has 1 aliphatic rings. The Morgan fingerprint density at radius 3 is 2.49 bits per heavy atom. The number of thioether (sulfide) groups is 1. The molecule has 1 saturated heterocycles. The number of nitrogens with one attached hydrogen (secondary N) is 1. The number of benzene rings is 3. The maximum absolute atomic E-state index is 13.6. The molecule has 0 aromatic heterocycles. The van der Waals surface area contributed by atoms with Gasteiger partial charge in [0.2, 0.25) is 5.91 Å². The fourth-order valence-electron chi connectivity index (χ4n) is 3.58. The predicted octanol–water partition coefficient (Wildman–Crippen LogP) is 6.50. The summed E-state index contributed by atoms with van der Waals surface area (Å²) in [6, 6.07) is 23.6. The summed E-state index contributed by atoms with van der Waals surface area (Å²) in [5.74, 6) is -0.790. The summed E-state index contributed by atoms with van der Waals surface area (Å²) in [7, 11) is 0. The molecule has 0 aliphatic carbocycles. The molecule has 1 heterocycles. The topological polar surface area (TPSA) is 73.2 Å². The second-order valence-corrected chi connectivity index (χ2v) is 10.6. The summed E-state index contributed by atoms with van der Waals surface area (Å²) in [5.41, 5.74) is 2.05. The van der Waals surface area contributed by atoms with Crippen LogP contribution in [-0.2, 0) is 22.6 Å². The minimum atomic E-state index is -0.588. The average molecular weight is 587 g/mol. The minimum Gasteiger partial charge on any atom is -0.347 e. The molecule has 3 aromatic carbocycles. The molecule has 4 rings (SSSR count). The molecule has 1 N–H and O–H groups in total. The van der Waals surface area contributed by atoms with Gasteiger partial charge in [-0.15, -0.1) is 0 Å². The van der Waals surface area contributed by atoms with Gasteiger partial charge >= 0.3 is 0 Å². The highest BCUT2D eigenvalue weighted by atomic mass is 79.9. The lowest BCUT2D eigenvalue weighted by Gasteiger charge is -2.19. The Bertz CT molecular complexity index is 1340. The van der Waals surface area contributed by atoms with E-state index in [-0.39, 0.29) is 23.1 Å². The number of nitrogens with zero attached hydrogens (tertiary/aromatic N) is 2. The molecule has 0 spiro atoms. The number of carbonyl (C=O) groups excluding carboxylic acids is 2. The minimum absolute atomic E-state index is 0.123. The summed E-state index contributed by atoms with van der Waals surface area (Å²) in [5, 5.41) is 13.4. The van der Waals surface area contributed by atoms with E-state index in [1.54, 1.807) is 42.5 Å². The van der Waals surface area contributed by atoms with Crippen LogP contribution in [-0.4, -0.2) is 17.1 Å². The molecule has 1 atom stereocenters. The van der Waals surface area contributed by atoms with Gasteiger partial charge in [-0.3, -0.25) is 14.5 Å². The predicted molar refractivity (Wildman–Crippen MR) is 144 cm³/mol. The van der Waals surface area contributed by atoms with E-state index < -0.39 is 11.2 Å². The van der Waals surface area contributed by atoms with Crippen molar-refractivity contribution >= 4 is 68.4 Å². The van der Waals surface area contributed by atoms with Crippen LogP contribution in [0.4, 0.5) is 5.69 Å². The van der Waals surface area contributed by atoms with E-state index in [1.807, 2.05) is 36.4 Å². The van der Waals surface area contributed by atoms with Crippen molar-refractivity contribution in [2.75, 3.05) is 4.90 Å². The van der Waals surface area contributed by atoms with Gasteiger partial charge in [-0.25, -0.2) is 0 Å². The Kier molecular flexibility index (Phi) is 8.19. The van der Waals surface area contributed by atoms with Gasteiger partial charge in [0.1, 0.15) is 16.7 Å². The monoisotopic (exact) mass is 585 g/mol. The lowest BCUT2D eigenvalue weighted by atomic mass is 10.1. The van der Waals surface area contributed by atoms with E-state index in [4.69, 9.17) is 23.2 Å². The van der Waals surface area contributed by atoms with E-state index in [0.717, 1.165) is 10.0 Å². The number of hydrogen-bond acceptors (Lipinski definition) is 4. The van der Waals surface area contributed by atoms with Crippen LogP contribution in [0, 0.1) is 11.3 Å². The number of halogens is 3. The van der Waals surface area contributed by atoms with Crippen molar-refractivity contribution in [3.8, 4) is 6.07 Å². The van der Waals surface area contributed by atoms with Crippen molar-refractivity contribution in [3.63, 3.8) is 0 Å². The summed E-state index contributed by atoms with van der Waals surface area (Å²) < 4.78 is 0.842. The lowest BCUT2D eigenvalue weighted by molar-refractivity contribution is -0.117. The molecular weight excluding hydrogens is 569 g/mol. The van der Waals surface area contributed by atoms with Gasteiger partial charge in [-0.2, -0.15) is 5.26 Å². The van der Waals surface area contributed by atoms with E-state index >= 15 is 0 Å². The Morgan fingerprint density at radius 1 is 1.09 bits per heavy atom. The molecule has 2 amide bonds. The van der Waals surface area contributed by atoms with E-state index in [2.05, 4.69) is 21.2 Å². The molecule has 0 bridgehead atoms. The lowest BCUT2D eigenvalue weighted by Crippen LogP contribution is -2.32. The fraction of sp³-hybridized carbons (Fsp3) is 0.115. The van der Waals surface area contributed by atoms with Crippen molar-refractivity contribution in [1.29, 1.82) is 5.26 Å². The molecular formula is C26H18BrCl2N3O2S. The van der Waals surface area contributed by atoms with Gasteiger partial charge in [-0.1, -0.05) is 81.2 Å². The van der Waals surface area contributed by atoms with Crippen LogP contribution in [0.1, 0.15) is 11.1 Å². The largest absolute Gasteiger partial charge is 0.347 e. The molecule has 176 valence electrons. The number of amides is 2. The highest BCUT2D eigenvalue weighted by Gasteiger charge is 2.41. The molecule has 0 saturated carbocycles. The standard InChI is InChI=1S/C26H18BrCl2N3O2S/c27-18-6-9-20(10-7-18)32-25(34)23(13-17-12-19(28)8-11-22(17)29)35-26(32)21(14-30)24(33)31-15-16-4-2-1-3-5-16/h1-12,23H,13,15H2,(H,31,33)/b26-21-/t23-/m1/s1. The Labute approximate surface area is 225 Å². The van der Waals surface area contributed by atoms with Gasteiger partial charge in [-0.05, 0) is 60.0 Å². The molecule has 0 radical (unpaired) electrons. The van der Waals surface area contributed by atoms with Crippen LogP contribution in [0.3, 0.4) is 0 Å². The van der Waals surface area contributed by atoms with E-state index in [0.29, 0.717) is 27.7 Å². The third-order valence-electron chi connectivity index (χ3n) is 5.30. The summed E-state index contributed by atoms with van der Waals surface area (Å²) in [6.45, 7) is 0.260. The summed E-state index contributed by atoms with van der Waals surface area (Å²) in [6.07, 6.45) is 0.295. The number of hydrogen-bond donors (Lipinski definition) is 1. The highest BCUT2D eigenvalue weighted by molar-refractivity contribution is 9.10. The first kappa shape index (κ1) is 25.3. The fourth-order valence-corrected chi connectivity index (χ4v) is 5.53. The third-order valence-corrected chi connectivity index (χ3v) is 7.69. The van der Waals surface area contributed by atoms with Crippen molar-refractivity contribution in [2.45, 2.75) is 18.2 Å². The first-order valence-corrected chi connectivity index (χ1v) is 13.0. The number of carbonyl (C=O) groups is 2. The normalized spacial score (nSPS) is 16.7. The van der Waals surface area contributed by atoms with Crippen molar-refractivity contribution in [2.24, 2.45) is 0 Å². The SMILES string of the molecule is N#C/C(C(=O)NCc1ccccc1)=C1/S[C@H](Cc2cc(Cl)ccc2Cl)C(=O)N1c1ccc(Br)cc1. The first-order valence-electron chi connectivity index (χ1n) is 10.5. The molecule has 35 heavy (non-hydrogen) atoms. The maximum Gasteiger partial charge on any atom is 0.264 e. The Hall–Kier alpha value is -2.76. The smallest absolute Gasteiger partial charge is 0.264 e. The first-order chi connectivity index (χ1) is 16.9. The van der Waals surface area contributed by atoms with Crippen molar-refractivity contribution in [3.05, 3.63) is 109 Å². The molecule has 3 aromatic rings. The molecule has 0 unspecified atom stereocenters. The van der Waals surface area contributed by atoms with Gasteiger partial charge in [0.25, 0.3) is 5.91 Å². The number of rotatable bonds is 6.